The molecule has 0 aliphatic rings. The fourth-order valence-corrected chi connectivity index (χ4v) is 2.03. The van der Waals surface area contributed by atoms with Crippen molar-refractivity contribution < 1.29 is 13.9 Å². The number of carbonyl (C=O) groups excluding carboxylic acids is 1. The van der Waals surface area contributed by atoms with Crippen LogP contribution >= 0.6 is 15.9 Å². The molecule has 0 unspecified atom stereocenters. The van der Waals surface area contributed by atoms with Crippen LogP contribution in [0.15, 0.2) is 51.6 Å². The van der Waals surface area contributed by atoms with Crippen LogP contribution in [0.4, 0.5) is 0 Å². The van der Waals surface area contributed by atoms with E-state index in [1.807, 2.05) is 18.2 Å². The summed E-state index contributed by atoms with van der Waals surface area (Å²) in [6, 6.07) is 9.19. The lowest BCUT2D eigenvalue weighted by atomic mass is 10.2. The maximum Gasteiger partial charge on any atom is 0.244 e. The topological polar surface area (TPSA) is 51.5 Å². The number of ether oxygens (including phenoxy) is 1. The Kier molecular flexibility index (Phi) is 5.01. The van der Waals surface area contributed by atoms with Crippen LogP contribution in [-0.4, -0.2) is 13.0 Å². The quantitative estimate of drug-likeness (QED) is 0.852. The minimum absolute atomic E-state index is 0.191. The lowest BCUT2D eigenvalue weighted by Gasteiger charge is -2.05. The summed E-state index contributed by atoms with van der Waals surface area (Å²) in [5.74, 6) is 1.23. The summed E-state index contributed by atoms with van der Waals surface area (Å²) in [7, 11) is 1.59. The number of rotatable bonds is 5. The first kappa shape index (κ1) is 14.4. The van der Waals surface area contributed by atoms with Gasteiger partial charge in [0.15, 0.2) is 0 Å². The van der Waals surface area contributed by atoms with E-state index in [0.717, 1.165) is 10.0 Å². The molecule has 5 heteroatoms. The Hall–Kier alpha value is -2.01. The zero-order valence-electron chi connectivity index (χ0n) is 10.9. The number of benzene rings is 1. The molecule has 104 valence electrons. The Morgan fingerprint density at radius 2 is 2.30 bits per heavy atom. The highest BCUT2D eigenvalue weighted by Gasteiger charge is 2.02. The Morgan fingerprint density at radius 3 is 3.00 bits per heavy atom. The molecule has 0 spiro atoms. The molecule has 1 aromatic carbocycles. The largest absolute Gasteiger partial charge is 0.496 e. The van der Waals surface area contributed by atoms with Crippen molar-refractivity contribution in [3.8, 4) is 5.75 Å². The van der Waals surface area contributed by atoms with E-state index in [1.165, 1.54) is 6.08 Å². The Balaban J connectivity index is 1.98. The van der Waals surface area contributed by atoms with E-state index in [1.54, 1.807) is 31.6 Å². The molecular weight excluding hydrogens is 322 g/mol. The zero-order valence-corrected chi connectivity index (χ0v) is 12.5. The van der Waals surface area contributed by atoms with Crippen molar-refractivity contribution in [1.82, 2.24) is 5.32 Å². The smallest absolute Gasteiger partial charge is 0.244 e. The van der Waals surface area contributed by atoms with Crippen LogP contribution in [0.25, 0.3) is 6.08 Å². The van der Waals surface area contributed by atoms with Crippen molar-refractivity contribution in [2.24, 2.45) is 0 Å². The SMILES string of the molecule is COc1ccc(Br)cc1C=CC(=O)NCc1ccco1. The highest BCUT2D eigenvalue weighted by molar-refractivity contribution is 9.10. The third-order valence-corrected chi connectivity index (χ3v) is 3.12. The molecular formula is C15H14BrNO3. The molecule has 0 fully saturated rings. The minimum Gasteiger partial charge on any atom is -0.496 e. The predicted octanol–water partition coefficient (Wildman–Crippen LogP) is 3.38. The van der Waals surface area contributed by atoms with Crippen LogP contribution < -0.4 is 10.1 Å². The second-order valence-electron chi connectivity index (χ2n) is 4.02. The lowest BCUT2D eigenvalue weighted by Crippen LogP contribution is -2.19. The highest BCUT2D eigenvalue weighted by atomic mass is 79.9. The van der Waals surface area contributed by atoms with Crippen molar-refractivity contribution >= 4 is 27.9 Å². The number of halogens is 1. The fraction of sp³-hybridized carbons (Fsp3) is 0.133. The van der Waals surface area contributed by atoms with Gasteiger partial charge in [-0.2, -0.15) is 0 Å². The van der Waals surface area contributed by atoms with E-state index in [-0.39, 0.29) is 5.91 Å². The molecule has 1 heterocycles. The summed E-state index contributed by atoms with van der Waals surface area (Å²) in [4.78, 5) is 11.7. The predicted molar refractivity (Wildman–Crippen MR) is 80.3 cm³/mol. The molecule has 0 aliphatic carbocycles. The number of carbonyl (C=O) groups is 1. The average molecular weight is 336 g/mol. The van der Waals surface area contributed by atoms with Gasteiger partial charge in [0.2, 0.25) is 5.91 Å². The molecule has 0 bridgehead atoms. The van der Waals surface area contributed by atoms with Crippen LogP contribution in [0.1, 0.15) is 11.3 Å². The lowest BCUT2D eigenvalue weighted by molar-refractivity contribution is -0.116. The van der Waals surface area contributed by atoms with Gasteiger partial charge in [0.1, 0.15) is 11.5 Å². The summed E-state index contributed by atoms with van der Waals surface area (Å²) in [6.45, 7) is 0.367. The van der Waals surface area contributed by atoms with Crippen LogP contribution in [-0.2, 0) is 11.3 Å². The van der Waals surface area contributed by atoms with E-state index in [9.17, 15) is 4.79 Å². The van der Waals surface area contributed by atoms with Gasteiger partial charge in [0, 0.05) is 16.1 Å². The molecule has 1 amide bonds. The highest BCUT2D eigenvalue weighted by Crippen LogP contribution is 2.23. The second kappa shape index (κ2) is 6.96. The van der Waals surface area contributed by atoms with Crippen molar-refractivity contribution in [2.75, 3.05) is 7.11 Å². The summed E-state index contributed by atoms with van der Waals surface area (Å²) < 4.78 is 11.3. The number of hydrogen-bond donors (Lipinski definition) is 1. The molecule has 0 aliphatic heterocycles. The monoisotopic (exact) mass is 335 g/mol. The zero-order chi connectivity index (χ0) is 14.4. The summed E-state index contributed by atoms with van der Waals surface area (Å²) in [5.41, 5.74) is 0.829. The maximum absolute atomic E-state index is 11.7. The van der Waals surface area contributed by atoms with Crippen LogP contribution in [0.5, 0.6) is 5.75 Å². The van der Waals surface area contributed by atoms with Gasteiger partial charge in [-0.1, -0.05) is 15.9 Å². The first-order valence-electron chi connectivity index (χ1n) is 6.01. The summed E-state index contributed by atoms with van der Waals surface area (Å²) in [6.07, 6.45) is 4.75. The van der Waals surface area contributed by atoms with E-state index in [4.69, 9.17) is 9.15 Å². The first-order valence-corrected chi connectivity index (χ1v) is 6.80. The van der Waals surface area contributed by atoms with Gasteiger partial charge in [0.25, 0.3) is 0 Å². The van der Waals surface area contributed by atoms with E-state index in [2.05, 4.69) is 21.2 Å². The Labute approximate surface area is 125 Å². The van der Waals surface area contributed by atoms with Crippen LogP contribution in [0.3, 0.4) is 0 Å². The normalized spacial score (nSPS) is 10.7. The molecule has 4 nitrogen and oxygen atoms in total. The van der Waals surface area contributed by atoms with E-state index >= 15 is 0 Å². The van der Waals surface area contributed by atoms with Crippen molar-refractivity contribution in [3.63, 3.8) is 0 Å². The molecule has 1 aromatic heterocycles. The van der Waals surface area contributed by atoms with Gasteiger partial charge in [-0.15, -0.1) is 0 Å². The molecule has 0 saturated heterocycles. The minimum atomic E-state index is -0.191. The van der Waals surface area contributed by atoms with Crippen molar-refractivity contribution in [1.29, 1.82) is 0 Å². The first-order chi connectivity index (χ1) is 9.69. The van der Waals surface area contributed by atoms with Crippen molar-refractivity contribution in [3.05, 3.63) is 58.5 Å². The Morgan fingerprint density at radius 1 is 1.45 bits per heavy atom. The maximum atomic E-state index is 11.7. The molecule has 0 atom stereocenters. The molecule has 2 rings (SSSR count). The number of hydrogen-bond acceptors (Lipinski definition) is 3. The number of nitrogens with one attached hydrogen (secondary N) is 1. The van der Waals surface area contributed by atoms with Gasteiger partial charge in [-0.05, 0) is 36.4 Å². The Bertz CT molecular complexity index is 606. The number of amides is 1. The van der Waals surface area contributed by atoms with Gasteiger partial charge >= 0.3 is 0 Å². The molecule has 0 radical (unpaired) electrons. The van der Waals surface area contributed by atoms with Gasteiger partial charge in [0.05, 0.1) is 19.9 Å². The second-order valence-corrected chi connectivity index (χ2v) is 4.93. The van der Waals surface area contributed by atoms with Crippen LogP contribution in [0, 0.1) is 0 Å². The van der Waals surface area contributed by atoms with Crippen molar-refractivity contribution in [2.45, 2.75) is 6.54 Å². The fourth-order valence-electron chi connectivity index (χ4n) is 1.65. The summed E-state index contributed by atoms with van der Waals surface area (Å²) in [5, 5.41) is 2.74. The molecule has 1 N–H and O–H groups in total. The molecule has 0 saturated carbocycles. The number of furan rings is 1. The number of methoxy groups -OCH3 is 1. The average Bonchev–Trinajstić information content (AvgIpc) is 2.96. The van der Waals surface area contributed by atoms with Gasteiger partial charge in [-0.3, -0.25) is 4.79 Å². The van der Waals surface area contributed by atoms with Gasteiger partial charge in [-0.25, -0.2) is 0 Å². The summed E-state index contributed by atoms with van der Waals surface area (Å²) >= 11 is 3.39. The molecule has 20 heavy (non-hydrogen) atoms. The third-order valence-electron chi connectivity index (χ3n) is 2.62. The van der Waals surface area contributed by atoms with E-state index in [0.29, 0.717) is 18.1 Å². The standard InChI is InChI=1S/C15H14BrNO3/c1-19-14-6-5-12(16)9-11(14)4-7-15(18)17-10-13-3-2-8-20-13/h2-9H,10H2,1H3,(H,17,18). The third kappa shape index (κ3) is 3.99. The molecule has 2 aromatic rings. The van der Waals surface area contributed by atoms with E-state index < -0.39 is 0 Å². The van der Waals surface area contributed by atoms with Crippen LogP contribution in [0.2, 0.25) is 0 Å². The van der Waals surface area contributed by atoms with Gasteiger partial charge < -0.3 is 14.5 Å².